The molecule has 1 aromatic carbocycles. The number of carbonyl (C=O) groups is 1. The van der Waals surface area contributed by atoms with E-state index in [1.165, 1.54) is 0 Å². The van der Waals surface area contributed by atoms with Gasteiger partial charge < -0.3 is 5.32 Å². The summed E-state index contributed by atoms with van der Waals surface area (Å²) in [6.07, 6.45) is 0.546. The number of nitriles is 1. The molecule has 0 saturated heterocycles. The molecule has 0 aliphatic carbocycles. The molecule has 1 N–H and O–H groups in total. The largest absolute Gasteiger partial charge is 0.328 e. The van der Waals surface area contributed by atoms with E-state index in [0.29, 0.717) is 17.7 Å². The van der Waals surface area contributed by atoms with Crippen molar-refractivity contribution in [2.45, 2.75) is 0 Å². The maximum atomic E-state index is 10.1. The second kappa shape index (κ2) is 3.88. The van der Waals surface area contributed by atoms with Crippen LogP contribution in [-0.4, -0.2) is 6.41 Å². The van der Waals surface area contributed by atoms with Crippen LogP contribution in [0.1, 0.15) is 5.56 Å². The number of nitrogens with one attached hydrogen (secondary N) is 1. The predicted molar refractivity (Wildman–Crippen MR) is 48.5 cm³/mol. The zero-order chi connectivity index (χ0) is 8.97. The van der Waals surface area contributed by atoms with Crippen molar-refractivity contribution in [3.63, 3.8) is 0 Å². The molecule has 1 aromatic rings. The van der Waals surface area contributed by atoms with Crippen molar-refractivity contribution in [2.75, 3.05) is 5.32 Å². The van der Waals surface area contributed by atoms with E-state index in [1.807, 2.05) is 6.07 Å². The fourth-order valence-electron chi connectivity index (χ4n) is 0.798. The second-order valence-corrected chi connectivity index (χ2v) is 2.98. The van der Waals surface area contributed by atoms with E-state index in [0.717, 1.165) is 4.47 Å². The molecule has 0 atom stereocenters. The normalized spacial score (nSPS) is 8.67. The summed E-state index contributed by atoms with van der Waals surface area (Å²) in [4.78, 5) is 10.1. The summed E-state index contributed by atoms with van der Waals surface area (Å²) >= 11 is 3.22. The van der Waals surface area contributed by atoms with Gasteiger partial charge in [0.1, 0.15) is 6.07 Å². The minimum absolute atomic E-state index is 0.441. The number of anilines is 1. The molecule has 60 valence electrons. The molecule has 0 saturated carbocycles. The van der Waals surface area contributed by atoms with Gasteiger partial charge in [0, 0.05) is 4.47 Å². The first-order chi connectivity index (χ1) is 5.77. The number of rotatable bonds is 2. The Morgan fingerprint density at radius 1 is 1.58 bits per heavy atom. The van der Waals surface area contributed by atoms with E-state index in [9.17, 15) is 4.79 Å². The highest BCUT2D eigenvalue weighted by atomic mass is 79.9. The van der Waals surface area contributed by atoms with E-state index in [-0.39, 0.29) is 0 Å². The Morgan fingerprint density at radius 2 is 2.33 bits per heavy atom. The molecule has 0 aliphatic heterocycles. The lowest BCUT2D eigenvalue weighted by atomic mass is 10.2. The number of amides is 1. The third kappa shape index (κ3) is 1.83. The van der Waals surface area contributed by atoms with E-state index in [1.54, 1.807) is 18.2 Å². The minimum Gasteiger partial charge on any atom is -0.328 e. The van der Waals surface area contributed by atoms with Gasteiger partial charge in [-0.2, -0.15) is 5.26 Å². The smallest absolute Gasteiger partial charge is 0.211 e. The first-order valence-electron chi connectivity index (χ1n) is 3.18. The van der Waals surface area contributed by atoms with Crippen LogP contribution in [0.5, 0.6) is 0 Å². The number of halogens is 1. The monoisotopic (exact) mass is 224 g/mol. The Bertz CT molecular complexity index is 343. The van der Waals surface area contributed by atoms with Crippen LogP contribution in [0.25, 0.3) is 0 Å². The summed E-state index contributed by atoms with van der Waals surface area (Å²) < 4.78 is 0.815. The van der Waals surface area contributed by atoms with Gasteiger partial charge in [-0.25, -0.2) is 0 Å². The molecule has 0 radical (unpaired) electrons. The molecule has 0 heterocycles. The number of nitrogens with zero attached hydrogens (tertiary/aromatic N) is 1. The summed E-state index contributed by atoms with van der Waals surface area (Å²) in [7, 11) is 0. The Morgan fingerprint density at radius 3 is 2.92 bits per heavy atom. The van der Waals surface area contributed by atoms with Crippen molar-refractivity contribution in [3.05, 3.63) is 28.2 Å². The highest BCUT2D eigenvalue weighted by Gasteiger charge is 2.00. The zero-order valence-electron chi connectivity index (χ0n) is 6.04. The fourth-order valence-corrected chi connectivity index (χ4v) is 1.16. The molecule has 1 rings (SSSR count). The zero-order valence-corrected chi connectivity index (χ0v) is 7.63. The number of hydrogen-bond donors (Lipinski definition) is 1. The van der Waals surface area contributed by atoms with Gasteiger partial charge in [0.05, 0.1) is 11.3 Å². The van der Waals surface area contributed by atoms with Crippen molar-refractivity contribution in [2.24, 2.45) is 0 Å². The molecule has 4 heteroatoms. The average molecular weight is 225 g/mol. The predicted octanol–water partition coefficient (Wildman–Crippen LogP) is 1.89. The van der Waals surface area contributed by atoms with Crippen LogP contribution >= 0.6 is 15.9 Å². The van der Waals surface area contributed by atoms with Crippen LogP contribution in [0.3, 0.4) is 0 Å². The lowest BCUT2D eigenvalue weighted by Gasteiger charge is -2.00. The Labute approximate surface area is 78.1 Å². The van der Waals surface area contributed by atoms with Crippen molar-refractivity contribution in [3.8, 4) is 6.07 Å². The molecule has 0 aliphatic rings. The lowest BCUT2D eigenvalue weighted by Crippen LogP contribution is -1.96. The highest BCUT2D eigenvalue weighted by Crippen LogP contribution is 2.19. The van der Waals surface area contributed by atoms with Gasteiger partial charge in [-0.1, -0.05) is 15.9 Å². The first-order valence-corrected chi connectivity index (χ1v) is 3.97. The van der Waals surface area contributed by atoms with Gasteiger partial charge in [0.25, 0.3) is 0 Å². The molecule has 0 aromatic heterocycles. The van der Waals surface area contributed by atoms with Crippen LogP contribution in [-0.2, 0) is 4.79 Å². The van der Waals surface area contributed by atoms with Crippen molar-refractivity contribution < 1.29 is 4.79 Å². The summed E-state index contributed by atoms with van der Waals surface area (Å²) in [5.74, 6) is 0. The van der Waals surface area contributed by atoms with Gasteiger partial charge >= 0.3 is 0 Å². The maximum Gasteiger partial charge on any atom is 0.211 e. The van der Waals surface area contributed by atoms with Crippen LogP contribution < -0.4 is 5.32 Å². The van der Waals surface area contributed by atoms with Crippen molar-refractivity contribution in [1.82, 2.24) is 0 Å². The third-order valence-corrected chi connectivity index (χ3v) is 1.81. The van der Waals surface area contributed by atoms with Crippen molar-refractivity contribution >= 4 is 28.0 Å². The van der Waals surface area contributed by atoms with Crippen LogP contribution in [0, 0.1) is 11.3 Å². The summed E-state index contributed by atoms with van der Waals surface area (Å²) in [5, 5.41) is 11.1. The van der Waals surface area contributed by atoms with E-state index >= 15 is 0 Å². The third-order valence-electron chi connectivity index (χ3n) is 1.32. The molecule has 0 spiro atoms. The van der Waals surface area contributed by atoms with Gasteiger partial charge in [0.15, 0.2) is 0 Å². The Balaban J connectivity index is 3.12. The molecule has 12 heavy (non-hydrogen) atoms. The van der Waals surface area contributed by atoms with Crippen LogP contribution in [0.2, 0.25) is 0 Å². The van der Waals surface area contributed by atoms with Crippen molar-refractivity contribution in [1.29, 1.82) is 5.26 Å². The first kappa shape index (κ1) is 8.75. The van der Waals surface area contributed by atoms with Gasteiger partial charge in [-0.15, -0.1) is 0 Å². The molecule has 1 amide bonds. The number of hydrogen-bond acceptors (Lipinski definition) is 2. The second-order valence-electron chi connectivity index (χ2n) is 2.06. The summed E-state index contributed by atoms with van der Waals surface area (Å²) in [6, 6.07) is 7.03. The fraction of sp³-hybridized carbons (Fsp3) is 0. The summed E-state index contributed by atoms with van der Waals surface area (Å²) in [5.41, 5.74) is 0.965. The molecule has 0 bridgehead atoms. The molecule has 3 nitrogen and oxygen atoms in total. The Hall–Kier alpha value is -1.34. The molecular formula is C8H5BrN2O. The summed E-state index contributed by atoms with van der Waals surface area (Å²) in [6.45, 7) is 0. The lowest BCUT2D eigenvalue weighted by molar-refractivity contribution is -0.105. The SMILES string of the molecule is N#Cc1cc(Br)ccc1NC=O. The number of carbonyl (C=O) groups excluding carboxylic acids is 1. The molecule has 0 unspecified atom stereocenters. The van der Waals surface area contributed by atoms with Gasteiger partial charge in [-0.05, 0) is 18.2 Å². The van der Waals surface area contributed by atoms with Gasteiger partial charge in [0.2, 0.25) is 6.41 Å². The Kier molecular flexibility index (Phi) is 2.83. The quantitative estimate of drug-likeness (QED) is 0.781. The number of benzene rings is 1. The minimum atomic E-state index is 0.441. The van der Waals surface area contributed by atoms with E-state index in [4.69, 9.17) is 5.26 Å². The average Bonchev–Trinajstić information content (AvgIpc) is 2.08. The standard InChI is InChI=1S/C8H5BrN2O/c9-7-1-2-8(11-5-12)6(3-7)4-10/h1-3,5H,(H,11,12). The highest BCUT2D eigenvalue weighted by molar-refractivity contribution is 9.10. The van der Waals surface area contributed by atoms with E-state index in [2.05, 4.69) is 21.2 Å². The van der Waals surface area contributed by atoms with E-state index < -0.39 is 0 Å². The van der Waals surface area contributed by atoms with Gasteiger partial charge in [-0.3, -0.25) is 4.79 Å². The van der Waals surface area contributed by atoms with Crippen LogP contribution in [0.15, 0.2) is 22.7 Å². The molecule has 0 fully saturated rings. The molecular weight excluding hydrogens is 220 g/mol. The maximum absolute atomic E-state index is 10.1. The van der Waals surface area contributed by atoms with Crippen LogP contribution in [0.4, 0.5) is 5.69 Å². The topological polar surface area (TPSA) is 52.9 Å².